The predicted octanol–water partition coefficient (Wildman–Crippen LogP) is 1.45. The number of carboxylic acids is 1. The van der Waals surface area contributed by atoms with Crippen LogP contribution in [0.25, 0.3) is 0 Å². The van der Waals surface area contributed by atoms with Gasteiger partial charge in [0.05, 0.1) is 0 Å². The van der Waals surface area contributed by atoms with Crippen LogP contribution in [-0.2, 0) is 14.8 Å². The summed E-state index contributed by atoms with van der Waals surface area (Å²) in [5.74, 6) is -1.36. The van der Waals surface area contributed by atoms with Crippen LogP contribution in [-0.4, -0.2) is 24.7 Å². The summed E-state index contributed by atoms with van der Waals surface area (Å²) in [5.41, 5.74) is 1.79. The van der Waals surface area contributed by atoms with Crippen molar-refractivity contribution in [3.05, 3.63) is 35.4 Å². The minimum absolute atomic E-state index is 0.460. The molecular weight excluding hydrogens is 254 g/mol. The third-order valence-electron chi connectivity index (χ3n) is 2.81. The monoisotopic (exact) mass is 271 g/mol. The molecule has 0 bridgehead atoms. The first-order valence-corrected chi connectivity index (χ1v) is 7.10. The summed E-state index contributed by atoms with van der Waals surface area (Å²) in [4.78, 5) is 10.7. The molecule has 100 valence electrons. The maximum atomic E-state index is 11.8. The SMILES string of the molecule is Cc1ccccc1[C@H](C)NS(=O)(=O)C(C)C(=O)O. The van der Waals surface area contributed by atoms with E-state index in [1.54, 1.807) is 6.92 Å². The molecular formula is C12H17NO4S. The van der Waals surface area contributed by atoms with Gasteiger partial charge < -0.3 is 5.11 Å². The molecule has 0 aliphatic heterocycles. The fourth-order valence-electron chi connectivity index (χ4n) is 1.62. The molecule has 2 N–H and O–H groups in total. The van der Waals surface area contributed by atoms with E-state index in [-0.39, 0.29) is 0 Å². The Labute approximate surface area is 107 Å². The normalized spacial score (nSPS) is 15.1. The highest BCUT2D eigenvalue weighted by atomic mass is 32.2. The topological polar surface area (TPSA) is 83.5 Å². The number of aliphatic carboxylic acids is 1. The van der Waals surface area contributed by atoms with Gasteiger partial charge in [-0.3, -0.25) is 4.79 Å². The summed E-state index contributed by atoms with van der Waals surface area (Å²) in [6.07, 6.45) is 0. The number of rotatable bonds is 5. The van der Waals surface area contributed by atoms with Crippen molar-refractivity contribution < 1.29 is 18.3 Å². The van der Waals surface area contributed by atoms with Crippen molar-refractivity contribution in [2.24, 2.45) is 0 Å². The molecule has 0 radical (unpaired) electrons. The standard InChI is InChI=1S/C12H17NO4S/c1-8-6-4-5-7-11(8)9(2)13-18(16,17)10(3)12(14)15/h4-7,9-10,13H,1-3H3,(H,14,15)/t9-,10?/m0/s1. The lowest BCUT2D eigenvalue weighted by molar-refractivity contribution is -0.136. The Bertz CT molecular complexity index is 539. The quantitative estimate of drug-likeness (QED) is 0.849. The van der Waals surface area contributed by atoms with Crippen LogP contribution in [0, 0.1) is 6.92 Å². The zero-order valence-electron chi connectivity index (χ0n) is 10.5. The van der Waals surface area contributed by atoms with Gasteiger partial charge in [0.1, 0.15) is 0 Å². The van der Waals surface area contributed by atoms with Gasteiger partial charge in [0, 0.05) is 6.04 Å². The molecule has 0 saturated heterocycles. The van der Waals surface area contributed by atoms with Gasteiger partial charge >= 0.3 is 5.97 Å². The first-order chi connectivity index (χ1) is 8.25. The first kappa shape index (κ1) is 14.7. The molecule has 0 spiro atoms. The van der Waals surface area contributed by atoms with Crippen molar-refractivity contribution >= 4 is 16.0 Å². The molecule has 0 fully saturated rings. The van der Waals surface area contributed by atoms with Gasteiger partial charge in [0.2, 0.25) is 10.0 Å². The largest absolute Gasteiger partial charge is 0.480 e. The van der Waals surface area contributed by atoms with Crippen molar-refractivity contribution in [3.8, 4) is 0 Å². The molecule has 5 nitrogen and oxygen atoms in total. The van der Waals surface area contributed by atoms with Crippen LogP contribution in [0.1, 0.15) is 31.0 Å². The Kier molecular flexibility index (Phi) is 4.48. The molecule has 1 aromatic rings. The summed E-state index contributed by atoms with van der Waals surface area (Å²) in [6.45, 7) is 4.71. The molecule has 0 aromatic heterocycles. The number of carbonyl (C=O) groups is 1. The van der Waals surface area contributed by atoms with Crippen LogP contribution in [0.2, 0.25) is 0 Å². The third-order valence-corrected chi connectivity index (χ3v) is 4.62. The number of hydrogen-bond donors (Lipinski definition) is 2. The lowest BCUT2D eigenvalue weighted by Crippen LogP contribution is -2.38. The molecule has 1 unspecified atom stereocenters. The van der Waals surface area contributed by atoms with E-state index in [9.17, 15) is 13.2 Å². The van der Waals surface area contributed by atoms with Gasteiger partial charge in [-0.05, 0) is 31.9 Å². The second kappa shape index (κ2) is 5.49. The highest BCUT2D eigenvalue weighted by Crippen LogP contribution is 2.18. The smallest absolute Gasteiger partial charge is 0.323 e. The van der Waals surface area contributed by atoms with E-state index in [4.69, 9.17) is 5.11 Å². The van der Waals surface area contributed by atoms with Gasteiger partial charge in [0.15, 0.2) is 5.25 Å². The summed E-state index contributed by atoms with van der Waals surface area (Å²) in [6, 6.07) is 6.90. The van der Waals surface area contributed by atoms with Crippen molar-refractivity contribution in [1.29, 1.82) is 0 Å². The second-order valence-corrected chi connectivity index (χ2v) is 6.25. The zero-order chi connectivity index (χ0) is 13.9. The molecule has 0 saturated carbocycles. The summed E-state index contributed by atoms with van der Waals surface area (Å²) < 4.78 is 25.9. The lowest BCUT2D eigenvalue weighted by Gasteiger charge is -2.18. The van der Waals surface area contributed by atoms with Gasteiger partial charge in [-0.15, -0.1) is 0 Å². The number of hydrogen-bond acceptors (Lipinski definition) is 3. The van der Waals surface area contributed by atoms with E-state index in [0.29, 0.717) is 0 Å². The van der Waals surface area contributed by atoms with Gasteiger partial charge in [-0.25, -0.2) is 13.1 Å². The molecule has 18 heavy (non-hydrogen) atoms. The molecule has 0 aliphatic carbocycles. The second-order valence-electron chi connectivity index (χ2n) is 4.22. The number of nitrogens with one attached hydrogen (secondary N) is 1. The van der Waals surface area contributed by atoms with Crippen LogP contribution in [0.4, 0.5) is 0 Å². The van der Waals surface area contributed by atoms with E-state index in [1.807, 2.05) is 31.2 Å². The molecule has 6 heteroatoms. The van der Waals surface area contributed by atoms with E-state index >= 15 is 0 Å². The van der Waals surface area contributed by atoms with Crippen LogP contribution < -0.4 is 4.72 Å². The van der Waals surface area contributed by atoms with Gasteiger partial charge in [-0.2, -0.15) is 0 Å². The predicted molar refractivity (Wildman–Crippen MR) is 68.7 cm³/mol. The van der Waals surface area contributed by atoms with Crippen LogP contribution in [0.5, 0.6) is 0 Å². The number of benzene rings is 1. The number of sulfonamides is 1. The summed E-state index contributed by atoms with van der Waals surface area (Å²) in [7, 11) is -3.87. The maximum absolute atomic E-state index is 11.8. The van der Waals surface area contributed by atoms with E-state index in [2.05, 4.69) is 4.72 Å². The van der Waals surface area contributed by atoms with Crippen LogP contribution >= 0.6 is 0 Å². The van der Waals surface area contributed by atoms with Gasteiger partial charge in [0.25, 0.3) is 0 Å². The van der Waals surface area contributed by atoms with Gasteiger partial charge in [-0.1, -0.05) is 24.3 Å². The lowest BCUT2D eigenvalue weighted by atomic mass is 10.0. The van der Waals surface area contributed by atoms with Crippen molar-refractivity contribution in [2.75, 3.05) is 0 Å². The fraction of sp³-hybridized carbons (Fsp3) is 0.417. The summed E-state index contributed by atoms with van der Waals surface area (Å²) >= 11 is 0. The molecule has 2 atom stereocenters. The fourth-order valence-corrected chi connectivity index (χ4v) is 2.71. The third kappa shape index (κ3) is 3.30. The molecule has 0 amide bonds. The average Bonchev–Trinajstić information content (AvgIpc) is 2.27. The van der Waals surface area contributed by atoms with Crippen molar-refractivity contribution in [2.45, 2.75) is 32.1 Å². The first-order valence-electron chi connectivity index (χ1n) is 5.55. The Morgan fingerprint density at radius 3 is 2.33 bits per heavy atom. The van der Waals surface area contributed by atoms with Crippen LogP contribution in [0.15, 0.2) is 24.3 Å². The molecule has 1 aromatic carbocycles. The van der Waals surface area contributed by atoms with Crippen molar-refractivity contribution in [3.63, 3.8) is 0 Å². The molecule has 0 aliphatic rings. The zero-order valence-corrected chi connectivity index (χ0v) is 11.4. The van der Waals surface area contributed by atoms with E-state index < -0.39 is 27.3 Å². The minimum Gasteiger partial charge on any atom is -0.480 e. The highest BCUT2D eigenvalue weighted by Gasteiger charge is 2.29. The molecule has 0 heterocycles. The minimum atomic E-state index is -3.87. The Balaban J connectivity index is 2.92. The number of carboxylic acid groups (broad SMARTS) is 1. The Morgan fingerprint density at radius 2 is 1.83 bits per heavy atom. The maximum Gasteiger partial charge on any atom is 0.323 e. The Hall–Kier alpha value is -1.40. The average molecular weight is 271 g/mol. The van der Waals surface area contributed by atoms with Crippen molar-refractivity contribution in [1.82, 2.24) is 4.72 Å². The summed E-state index contributed by atoms with van der Waals surface area (Å²) in [5, 5.41) is 7.27. The highest BCUT2D eigenvalue weighted by molar-refractivity contribution is 7.90. The molecule has 1 rings (SSSR count). The van der Waals surface area contributed by atoms with Crippen LogP contribution in [0.3, 0.4) is 0 Å². The number of aryl methyl sites for hydroxylation is 1. The van der Waals surface area contributed by atoms with E-state index in [0.717, 1.165) is 18.1 Å². The van der Waals surface area contributed by atoms with E-state index in [1.165, 1.54) is 0 Å². The Morgan fingerprint density at radius 1 is 1.28 bits per heavy atom.